The van der Waals surface area contributed by atoms with E-state index in [0.717, 1.165) is 67.7 Å². The van der Waals surface area contributed by atoms with Gasteiger partial charge < -0.3 is 19.7 Å². The first kappa shape index (κ1) is 23.5. The Morgan fingerprint density at radius 2 is 2.06 bits per heavy atom. The highest BCUT2D eigenvalue weighted by atomic mass is 35.5. The van der Waals surface area contributed by atoms with Gasteiger partial charge in [-0.15, -0.1) is 0 Å². The summed E-state index contributed by atoms with van der Waals surface area (Å²) >= 11 is 12.6. The number of benzene rings is 2. The van der Waals surface area contributed by atoms with E-state index in [-0.39, 0.29) is 24.0 Å². The Balaban J connectivity index is 1.39. The second kappa shape index (κ2) is 9.76. The number of aromatic nitrogens is 2. The third-order valence-corrected chi connectivity index (χ3v) is 7.91. The number of nitrogens with one attached hydrogen (secondary N) is 1. The van der Waals surface area contributed by atoms with Crippen LogP contribution in [0.15, 0.2) is 42.7 Å². The van der Waals surface area contributed by atoms with Gasteiger partial charge in [-0.2, -0.15) is 0 Å². The molecule has 1 unspecified atom stereocenters. The molecular formula is C26H31Cl2N5O. The van der Waals surface area contributed by atoms with Crippen molar-refractivity contribution >= 4 is 45.8 Å². The van der Waals surface area contributed by atoms with Crippen molar-refractivity contribution in [2.24, 2.45) is 0 Å². The van der Waals surface area contributed by atoms with Gasteiger partial charge in [-0.25, -0.2) is 4.98 Å². The number of anilines is 1. The quantitative estimate of drug-likeness (QED) is 0.528. The van der Waals surface area contributed by atoms with E-state index in [4.69, 9.17) is 23.2 Å². The molecule has 2 saturated heterocycles. The molecule has 3 atom stereocenters. The molecule has 8 heteroatoms. The molecular weight excluding hydrogens is 469 g/mol. The number of amides is 1. The lowest BCUT2D eigenvalue weighted by atomic mass is 10.1. The van der Waals surface area contributed by atoms with Crippen molar-refractivity contribution in [2.45, 2.75) is 51.2 Å². The van der Waals surface area contributed by atoms with Gasteiger partial charge in [0, 0.05) is 41.4 Å². The number of imidazole rings is 1. The number of fused-ring (bicyclic) bond motifs is 1. The summed E-state index contributed by atoms with van der Waals surface area (Å²) in [6.45, 7) is 7.66. The van der Waals surface area contributed by atoms with Crippen LogP contribution in [0, 0.1) is 0 Å². The predicted molar refractivity (Wildman–Crippen MR) is 139 cm³/mol. The number of hydrogen-bond acceptors (Lipinski definition) is 4. The number of nitrogens with zero attached hydrogens (tertiary/aromatic N) is 4. The van der Waals surface area contributed by atoms with Crippen molar-refractivity contribution in [3.05, 3.63) is 58.3 Å². The summed E-state index contributed by atoms with van der Waals surface area (Å²) in [4.78, 5) is 22.2. The zero-order chi connectivity index (χ0) is 23.8. The minimum absolute atomic E-state index is 0.00696. The first-order chi connectivity index (χ1) is 16.5. The number of carbonyl (C=O) groups excluding carboxylic acids is 1. The fourth-order valence-corrected chi connectivity index (χ4v) is 5.90. The summed E-state index contributed by atoms with van der Waals surface area (Å²) in [5.41, 5.74) is 4.19. The van der Waals surface area contributed by atoms with Crippen LogP contribution in [0.3, 0.4) is 0 Å². The molecule has 2 fully saturated rings. The highest BCUT2D eigenvalue weighted by Gasteiger charge is 2.34. The Kier molecular flexibility index (Phi) is 6.74. The highest BCUT2D eigenvalue weighted by molar-refractivity contribution is 6.35. The Labute approximate surface area is 210 Å². The summed E-state index contributed by atoms with van der Waals surface area (Å²) in [5, 5.41) is 4.65. The van der Waals surface area contributed by atoms with Crippen molar-refractivity contribution in [3.63, 3.8) is 0 Å². The topological polar surface area (TPSA) is 53.4 Å². The lowest BCUT2D eigenvalue weighted by molar-refractivity contribution is -0.136. The molecule has 2 aliphatic rings. The van der Waals surface area contributed by atoms with E-state index in [2.05, 4.69) is 56.7 Å². The summed E-state index contributed by atoms with van der Waals surface area (Å²) in [6.07, 6.45) is 4.86. The van der Waals surface area contributed by atoms with E-state index >= 15 is 0 Å². The zero-order valence-electron chi connectivity index (χ0n) is 19.7. The predicted octanol–water partition coefficient (Wildman–Crippen LogP) is 5.13. The van der Waals surface area contributed by atoms with Gasteiger partial charge in [0.1, 0.15) is 0 Å². The Bertz CT molecular complexity index is 1190. The minimum Gasteiger partial charge on any atom is -0.368 e. The van der Waals surface area contributed by atoms with Crippen LogP contribution in [-0.4, -0.2) is 58.6 Å². The molecule has 6 nitrogen and oxygen atoms in total. The van der Waals surface area contributed by atoms with Crippen LogP contribution >= 0.6 is 23.2 Å². The first-order valence-corrected chi connectivity index (χ1v) is 12.9. The summed E-state index contributed by atoms with van der Waals surface area (Å²) in [6, 6.07) is 12.3. The lowest BCUT2D eigenvalue weighted by Gasteiger charge is -2.43. The maximum Gasteiger partial charge on any atom is 0.240 e. The molecule has 2 aromatic carbocycles. The van der Waals surface area contributed by atoms with Crippen LogP contribution < -0.4 is 10.2 Å². The van der Waals surface area contributed by atoms with Gasteiger partial charge in [-0.3, -0.25) is 4.79 Å². The molecule has 0 bridgehead atoms. The van der Waals surface area contributed by atoms with Gasteiger partial charge in [0.15, 0.2) is 0 Å². The molecule has 0 radical (unpaired) electrons. The molecule has 0 spiro atoms. The summed E-state index contributed by atoms with van der Waals surface area (Å²) < 4.78 is 2.16. The lowest BCUT2D eigenvalue weighted by Crippen LogP contribution is -2.58. The second-order valence-corrected chi connectivity index (χ2v) is 10.2. The van der Waals surface area contributed by atoms with Crippen molar-refractivity contribution in [3.8, 4) is 0 Å². The number of carbonyl (C=O) groups is 1. The van der Waals surface area contributed by atoms with Crippen molar-refractivity contribution in [1.29, 1.82) is 0 Å². The van der Waals surface area contributed by atoms with Gasteiger partial charge in [0.2, 0.25) is 5.91 Å². The molecule has 0 aliphatic carbocycles. The summed E-state index contributed by atoms with van der Waals surface area (Å²) in [7, 11) is 0. The molecule has 3 aromatic rings. The monoisotopic (exact) mass is 499 g/mol. The number of halogens is 2. The fraction of sp³-hybridized carbons (Fsp3) is 0.462. The van der Waals surface area contributed by atoms with E-state index in [1.165, 1.54) is 0 Å². The zero-order valence-corrected chi connectivity index (χ0v) is 21.2. The molecule has 1 N–H and O–H groups in total. The summed E-state index contributed by atoms with van der Waals surface area (Å²) in [5.74, 6) is 0.270. The smallest absolute Gasteiger partial charge is 0.240 e. The Hall–Kier alpha value is -2.28. The maximum atomic E-state index is 13.1. The van der Waals surface area contributed by atoms with E-state index in [1.54, 1.807) is 6.07 Å². The van der Waals surface area contributed by atoms with Gasteiger partial charge in [-0.05, 0) is 68.6 Å². The van der Waals surface area contributed by atoms with Gasteiger partial charge in [-0.1, -0.05) is 36.2 Å². The second-order valence-electron chi connectivity index (χ2n) is 9.36. The van der Waals surface area contributed by atoms with Crippen LogP contribution in [0.2, 0.25) is 10.0 Å². The fourth-order valence-electron chi connectivity index (χ4n) is 5.33. The minimum atomic E-state index is -0.00696. The molecule has 1 amide bonds. The van der Waals surface area contributed by atoms with Crippen molar-refractivity contribution in [2.75, 3.05) is 31.1 Å². The van der Waals surface area contributed by atoms with Crippen LogP contribution in [-0.2, 0) is 4.79 Å². The molecule has 0 saturated carbocycles. The maximum absolute atomic E-state index is 13.1. The molecule has 180 valence electrons. The average molecular weight is 500 g/mol. The SMILES string of the molecule is CC[C@@H]1CN(c2ccc3ncn(C(C)c4ccc(Cl)cc4Cl)c3c2)CCN1C(=O)[C@H]1CCCN1. The first-order valence-electron chi connectivity index (χ1n) is 12.2. The largest absolute Gasteiger partial charge is 0.368 e. The van der Waals surface area contributed by atoms with E-state index in [0.29, 0.717) is 10.0 Å². The Morgan fingerprint density at radius 1 is 1.21 bits per heavy atom. The number of rotatable bonds is 5. The Morgan fingerprint density at radius 3 is 2.79 bits per heavy atom. The van der Waals surface area contributed by atoms with E-state index in [1.807, 2.05) is 18.5 Å². The van der Waals surface area contributed by atoms with E-state index < -0.39 is 0 Å². The van der Waals surface area contributed by atoms with Gasteiger partial charge in [0.05, 0.1) is 29.4 Å². The van der Waals surface area contributed by atoms with E-state index in [9.17, 15) is 4.79 Å². The number of piperazine rings is 1. The van der Waals surface area contributed by atoms with Crippen LogP contribution in [0.1, 0.15) is 44.7 Å². The highest BCUT2D eigenvalue weighted by Crippen LogP contribution is 2.32. The molecule has 1 aromatic heterocycles. The van der Waals surface area contributed by atoms with Gasteiger partial charge >= 0.3 is 0 Å². The molecule has 34 heavy (non-hydrogen) atoms. The van der Waals surface area contributed by atoms with Crippen LogP contribution in [0.4, 0.5) is 5.69 Å². The van der Waals surface area contributed by atoms with Crippen LogP contribution in [0.5, 0.6) is 0 Å². The normalized spacial score (nSPS) is 21.9. The average Bonchev–Trinajstić information content (AvgIpc) is 3.53. The standard InChI is InChI=1S/C26H31Cl2N5O/c1-3-19-15-31(11-12-32(19)26(34)24-5-4-10-29-24)20-7-9-23-25(14-20)33(16-30-23)17(2)21-8-6-18(27)13-22(21)28/h6-9,13-14,16-17,19,24,29H,3-5,10-12,15H2,1-2H3/t17?,19-,24-/m1/s1. The molecule has 2 aliphatic heterocycles. The van der Waals surface area contributed by atoms with Crippen molar-refractivity contribution < 1.29 is 4.79 Å². The molecule has 3 heterocycles. The van der Waals surface area contributed by atoms with Crippen LogP contribution in [0.25, 0.3) is 11.0 Å². The molecule has 5 rings (SSSR count). The number of hydrogen-bond donors (Lipinski definition) is 1. The third kappa shape index (κ3) is 4.39. The van der Waals surface area contributed by atoms with Crippen molar-refractivity contribution in [1.82, 2.24) is 19.8 Å². The third-order valence-electron chi connectivity index (χ3n) is 7.35. The van der Waals surface area contributed by atoms with Gasteiger partial charge in [0.25, 0.3) is 0 Å².